The van der Waals surface area contributed by atoms with Crippen LogP contribution in [0.2, 0.25) is 10.0 Å². The first kappa shape index (κ1) is 15.4. The molecule has 1 aromatic rings. The Bertz CT molecular complexity index is 498. The standard InChI is InChI=1S/C13H15Cl2NOS2/c1-2-5-16-12(18)19-8-13(16,17)7-9-3-4-10(14)11(15)6-9/h3-4,6,17H,2,5,7-8H2,1H3. The third kappa shape index (κ3) is 3.37. The summed E-state index contributed by atoms with van der Waals surface area (Å²) in [6.45, 7) is 2.84. The Morgan fingerprint density at radius 3 is 2.79 bits per heavy atom. The minimum atomic E-state index is -0.922. The zero-order valence-corrected chi connectivity index (χ0v) is 13.7. The summed E-state index contributed by atoms with van der Waals surface area (Å²) in [6, 6.07) is 5.45. The lowest BCUT2D eigenvalue weighted by Gasteiger charge is -2.34. The Labute approximate surface area is 133 Å². The van der Waals surface area contributed by atoms with Crippen LogP contribution in [0.15, 0.2) is 18.2 Å². The van der Waals surface area contributed by atoms with Crippen molar-refractivity contribution in [2.75, 3.05) is 12.3 Å². The summed E-state index contributed by atoms with van der Waals surface area (Å²) >= 11 is 18.7. The van der Waals surface area contributed by atoms with E-state index in [9.17, 15) is 5.11 Å². The van der Waals surface area contributed by atoms with Gasteiger partial charge in [0.1, 0.15) is 4.32 Å². The lowest BCUT2D eigenvalue weighted by molar-refractivity contribution is -0.0398. The SMILES string of the molecule is CCCN1C(=S)SCC1(O)Cc1ccc(Cl)c(Cl)c1. The lowest BCUT2D eigenvalue weighted by atomic mass is 10.0. The average Bonchev–Trinajstić information content (AvgIpc) is 2.63. The van der Waals surface area contributed by atoms with Crippen molar-refractivity contribution < 1.29 is 5.11 Å². The molecule has 0 spiro atoms. The van der Waals surface area contributed by atoms with Crippen LogP contribution < -0.4 is 0 Å². The second-order valence-electron chi connectivity index (χ2n) is 4.61. The highest BCUT2D eigenvalue weighted by atomic mass is 35.5. The van der Waals surface area contributed by atoms with Crippen molar-refractivity contribution in [2.24, 2.45) is 0 Å². The largest absolute Gasteiger partial charge is 0.370 e. The van der Waals surface area contributed by atoms with Gasteiger partial charge in [-0.05, 0) is 24.1 Å². The summed E-state index contributed by atoms with van der Waals surface area (Å²) in [4.78, 5) is 1.91. The van der Waals surface area contributed by atoms with Gasteiger partial charge >= 0.3 is 0 Å². The van der Waals surface area contributed by atoms with E-state index in [-0.39, 0.29) is 0 Å². The van der Waals surface area contributed by atoms with E-state index in [1.54, 1.807) is 12.1 Å². The van der Waals surface area contributed by atoms with E-state index < -0.39 is 5.72 Å². The third-order valence-electron chi connectivity index (χ3n) is 3.07. The molecular weight excluding hydrogens is 321 g/mol. The Hall–Kier alpha value is -0.000000000000000111. The van der Waals surface area contributed by atoms with Crippen LogP contribution in [0, 0.1) is 0 Å². The molecule has 1 N–H and O–H groups in total. The minimum absolute atomic E-state index is 0.497. The number of rotatable bonds is 4. The summed E-state index contributed by atoms with van der Waals surface area (Å²) < 4.78 is 0.768. The normalized spacial score (nSPS) is 23.2. The first-order chi connectivity index (χ1) is 8.96. The zero-order chi connectivity index (χ0) is 14.0. The molecule has 0 aliphatic carbocycles. The number of nitrogens with zero attached hydrogens (tertiary/aromatic N) is 1. The molecule has 1 heterocycles. The van der Waals surface area contributed by atoms with Crippen molar-refractivity contribution in [2.45, 2.75) is 25.5 Å². The molecule has 19 heavy (non-hydrogen) atoms. The average molecular weight is 336 g/mol. The molecular formula is C13H15Cl2NOS2. The van der Waals surface area contributed by atoms with Gasteiger partial charge in [0.25, 0.3) is 0 Å². The molecule has 0 saturated carbocycles. The molecule has 104 valence electrons. The number of hydrogen-bond acceptors (Lipinski definition) is 3. The molecule has 6 heteroatoms. The Kier molecular flexibility index (Phi) is 5.01. The van der Waals surface area contributed by atoms with Gasteiger partial charge in [-0.3, -0.25) is 0 Å². The van der Waals surface area contributed by atoms with Gasteiger partial charge < -0.3 is 10.0 Å². The smallest absolute Gasteiger partial charge is 0.152 e. The molecule has 0 aromatic heterocycles. The molecule has 1 fully saturated rings. The van der Waals surface area contributed by atoms with Gasteiger partial charge in [-0.1, -0.05) is 60.2 Å². The molecule has 0 amide bonds. The molecule has 1 aliphatic rings. The summed E-state index contributed by atoms with van der Waals surface area (Å²) in [5.74, 6) is 0.589. The van der Waals surface area contributed by atoms with Crippen LogP contribution in [0.5, 0.6) is 0 Å². The maximum Gasteiger partial charge on any atom is 0.152 e. The summed E-state index contributed by atoms with van der Waals surface area (Å²) in [7, 11) is 0. The van der Waals surface area contributed by atoms with Crippen molar-refractivity contribution in [3.05, 3.63) is 33.8 Å². The van der Waals surface area contributed by atoms with E-state index in [1.165, 1.54) is 11.8 Å². The highest BCUT2D eigenvalue weighted by Crippen LogP contribution is 2.35. The summed E-state index contributed by atoms with van der Waals surface area (Å²) in [5.41, 5.74) is 0.0397. The van der Waals surface area contributed by atoms with Gasteiger partial charge in [0.05, 0.1) is 10.0 Å². The van der Waals surface area contributed by atoms with Crippen LogP contribution in [0.1, 0.15) is 18.9 Å². The van der Waals surface area contributed by atoms with Crippen LogP contribution in [0.25, 0.3) is 0 Å². The first-order valence-electron chi connectivity index (χ1n) is 6.07. The molecule has 1 saturated heterocycles. The molecule has 0 radical (unpaired) electrons. The molecule has 1 atom stereocenters. The van der Waals surface area contributed by atoms with Gasteiger partial charge in [0.15, 0.2) is 5.72 Å². The second kappa shape index (κ2) is 6.19. The fourth-order valence-electron chi connectivity index (χ4n) is 2.15. The van der Waals surface area contributed by atoms with Gasteiger partial charge in [-0.2, -0.15) is 0 Å². The predicted octanol–water partition coefficient (Wildman–Crippen LogP) is 3.97. The van der Waals surface area contributed by atoms with Crippen molar-refractivity contribution in [1.82, 2.24) is 4.90 Å². The van der Waals surface area contributed by atoms with E-state index in [0.29, 0.717) is 22.2 Å². The Balaban J connectivity index is 2.20. The molecule has 0 bridgehead atoms. The van der Waals surface area contributed by atoms with Crippen LogP contribution in [-0.4, -0.2) is 32.3 Å². The molecule has 1 unspecified atom stereocenters. The number of hydrogen-bond donors (Lipinski definition) is 1. The van der Waals surface area contributed by atoms with Crippen molar-refractivity contribution >= 4 is 51.5 Å². The van der Waals surface area contributed by atoms with Crippen molar-refractivity contribution in [3.63, 3.8) is 0 Å². The van der Waals surface area contributed by atoms with Gasteiger partial charge in [-0.15, -0.1) is 0 Å². The zero-order valence-electron chi connectivity index (χ0n) is 10.5. The monoisotopic (exact) mass is 335 g/mol. The van der Waals surface area contributed by atoms with Gasteiger partial charge in [0, 0.05) is 18.7 Å². The molecule has 2 nitrogen and oxygen atoms in total. The van der Waals surface area contributed by atoms with E-state index >= 15 is 0 Å². The van der Waals surface area contributed by atoms with Crippen molar-refractivity contribution in [1.29, 1.82) is 0 Å². The fourth-order valence-corrected chi connectivity index (χ4v) is 3.94. The Morgan fingerprint density at radius 2 is 2.16 bits per heavy atom. The maximum atomic E-state index is 10.8. The number of halogens is 2. The van der Waals surface area contributed by atoms with E-state index in [2.05, 4.69) is 6.92 Å². The first-order valence-corrected chi connectivity index (χ1v) is 8.22. The van der Waals surface area contributed by atoms with E-state index in [1.807, 2.05) is 11.0 Å². The van der Waals surface area contributed by atoms with Gasteiger partial charge in [-0.25, -0.2) is 0 Å². The fraction of sp³-hybridized carbons (Fsp3) is 0.462. The quantitative estimate of drug-likeness (QED) is 0.841. The molecule has 1 aromatic carbocycles. The maximum absolute atomic E-state index is 10.8. The lowest BCUT2D eigenvalue weighted by Crippen LogP contribution is -2.49. The van der Waals surface area contributed by atoms with Crippen molar-refractivity contribution in [3.8, 4) is 0 Å². The Morgan fingerprint density at radius 1 is 1.42 bits per heavy atom. The number of thiocarbonyl (C=S) groups is 1. The number of aliphatic hydroxyl groups is 1. The number of thioether (sulfide) groups is 1. The van der Waals surface area contributed by atoms with Crippen LogP contribution in [0.3, 0.4) is 0 Å². The highest BCUT2D eigenvalue weighted by Gasteiger charge is 2.41. The highest BCUT2D eigenvalue weighted by molar-refractivity contribution is 8.23. The topological polar surface area (TPSA) is 23.5 Å². The minimum Gasteiger partial charge on any atom is -0.370 e. The van der Waals surface area contributed by atoms with E-state index in [4.69, 9.17) is 35.4 Å². The van der Waals surface area contributed by atoms with Crippen LogP contribution >= 0.6 is 47.2 Å². The second-order valence-corrected chi connectivity index (χ2v) is 7.04. The predicted molar refractivity (Wildman–Crippen MR) is 87.2 cm³/mol. The summed E-state index contributed by atoms with van der Waals surface area (Å²) in [5, 5.41) is 11.8. The number of benzene rings is 1. The van der Waals surface area contributed by atoms with E-state index in [0.717, 1.165) is 22.8 Å². The molecule has 2 rings (SSSR count). The summed E-state index contributed by atoms with van der Waals surface area (Å²) in [6.07, 6.45) is 1.45. The van der Waals surface area contributed by atoms with Crippen LogP contribution in [0.4, 0.5) is 0 Å². The third-order valence-corrected chi connectivity index (χ3v) is 5.46. The molecule has 1 aliphatic heterocycles. The van der Waals surface area contributed by atoms with Crippen LogP contribution in [-0.2, 0) is 6.42 Å². The van der Waals surface area contributed by atoms with Gasteiger partial charge in [0.2, 0.25) is 0 Å².